The van der Waals surface area contributed by atoms with Gasteiger partial charge in [-0.3, -0.25) is 9.78 Å². The molecule has 19 heavy (non-hydrogen) atoms. The summed E-state index contributed by atoms with van der Waals surface area (Å²) < 4.78 is 5.21. The standard InChI is InChI=1S/C14H17N3O2/c1-10-12(5-6-19-10)9-17(2)14(18)13-4-3-11(7-15)8-16-13/h3-6,8H,7,9,15H2,1-2H3. The monoisotopic (exact) mass is 259 g/mol. The number of rotatable bonds is 4. The van der Waals surface area contributed by atoms with Crippen molar-refractivity contribution in [2.75, 3.05) is 7.05 Å². The van der Waals surface area contributed by atoms with Crippen molar-refractivity contribution in [3.05, 3.63) is 53.2 Å². The number of hydrogen-bond donors (Lipinski definition) is 1. The minimum Gasteiger partial charge on any atom is -0.469 e. The fraction of sp³-hybridized carbons (Fsp3) is 0.286. The van der Waals surface area contributed by atoms with Gasteiger partial charge < -0.3 is 15.1 Å². The lowest BCUT2D eigenvalue weighted by atomic mass is 10.2. The maximum absolute atomic E-state index is 12.2. The number of aromatic nitrogens is 1. The lowest BCUT2D eigenvalue weighted by Gasteiger charge is -2.16. The molecule has 0 saturated heterocycles. The first-order valence-corrected chi connectivity index (χ1v) is 6.05. The van der Waals surface area contributed by atoms with Crippen molar-refractivity contribution in [1.29, 1.82) is 0 Å². The van der Waals surface area contributed by atoms with Gasteiger partial charge in [0.15, 0.2) is 0 Å². The third-order valence-electron chi connectivity index (χ3n) is 3.00. The van der Waals surface area contributed by atoms with E-state index in [0.29, 0.717) is 18.8 Å². The first-order valence-electron chi connectivity index (χ1n) is 6.05. The summed E-state index contributed by atoms with van der Waals surface area (Å²) in [6.07, 6.45) is 3.25. The summed E-state index contributed by atoms with van der Waals surface area (Å²) >= 11 is 0. The third kappa shape index (κ3) is 3.00. The van der Waals surface area contributed by atoms with Crippen LogP contribution in [0.4, 0.5) is 0 Å². The lowest BCUT2D eigenvalue weighted by molar-refractivity contribution is 0.0779. The van der Waals surface area contributed by atoms with Gasteiger partial charge in [0.25, 0.3) is 5.91 Å². The van der Waals surface area contributed by atoms with Crippen LogP contribution in [0, 0.1) is 6.92 Å². The van der Waals surface area contributed by atoms with Crippen LogP contribution in [0.3, 0.4) is 0 Å². The SMILES string of the molecule is Cc1occc1CN(C)C(=O)c1ccc(CN)cn1. The Labute approximate surface area is 112 Å². The van der Waals surface area contributed by atoms with Crippen molar-refractivity contribution in [2.24, 2.45) is 5.73 Å². The molecule has 0 spiro atoms. The Kier molecular flexibility index (Phi) is 3.97. The molecule has 2 N–H and O–H groups in total. The normalized spacial score (nSPS) is 10.5. The smallest absolute Gasteiger partial charge is 0.272 e. The van der Waals surface area contributed by atoms with Crippen molar-refractivity contribution >= 4 is 5.91 Å². The molecule has 0 fully saturated rings. The summed E-state index contributed by atoms with van der Waals surface area (Å²) in [6.45, 7) is 2.80. The maximum Gasteiger partial charge on any atom is 0.272 e. The third-order valence-corrected chi connectivity index (χ3v) is 3.00. The van der Waals surface area contributed by atoms with Gasteiger partial charge in [-0.2, -0.15) is 0 Å². The van der Waals surface area contributed by atoms with E-state index in [1.807, 2.05) is 19.1 Å². The van der Waals surface area contributed by atoms with Crippen LogP contribution in [0.1, 0.15) is 27.4 Å². The molecule has 0 unspecified atom stereocenters. The number of nitrogens with two attached hydrogens (primary N) is 1. The van der Waals surface area contributed by atoms with Gasteiger partial charge in [0.2, 0.25) is 0 Å². The van der Waals surface area contributed by atoms with Gasteiger partial charge >= 0.3 is 0 Å². The number of furan rings is 1. The van der Waals surface area contributed by atoms with Crippen molar-refractivity contribution in [3.8, 4) is 0 Å². The molecule has 0 aliphatic carbocycles. The molecule has 0 radical (unpaired) electrons. The molecule has 2 aromatic heterocycles. The molecule has 0 aliphatic heterocycles. The van der Waals surface area contributed by atoms with Crippen LogP contribution in [0.5, 0.6) is 0 Å². The molecular weight excluding hydrogens is 242 g/mol. The zero-order valence-corrected chi connectivity index (χ0v) is 11.1. The molecule has 0 aliphatic rings. The van der Waals surface area contributed by atoms with Gasteiger partial charge in [0.05, 0.1) is 6.26 Å². The zero-order chi connectivity index (χ0) is 13.8. The summed E-state index contributed by atoms with van der Waals surface area (Å²) in [7, 11) is 1.74. The molecule has 0 saturated carbocycles. The Morgan fingerprint density at radius 3 is 2.74 bits per heavy atom. The fourth-order valence-electron chi connectivity index (χ4n) is 1.77. The summed E-state index contributed by atoms with van der Waals surface area (Å²) in [5.74, 6) is 0.704. The quantitative estimate of drug-likeness (QED) is 0.907. The number of pyridine rings is 1. The first kappa shape index (κ1) is 13.3. The maximum atomic E-state index is 12.2. The highest BCUT2D eigenvalue weighted by molar-refractivity contribution is 5.92. The number of carbonyl (C=O) groups excluding carboxylic acids is 1. The molecule has 2 rings (SSSR count). The molecule has 2 aromatic rings. The number of nitrogens with zero attached hydrogens (tertiary/aromatic N) is 2. The Bertz CT molecular complexity index is 560. The molecule has 5 nitrogen and oxygen atoms in total. The Morgan fingerprint density at radius 1 is 1.42 bits per heavy atom. The van der Waals surface area contributed by atoms with E-state index in [2.05, 4.69) is 4.98 Å². The second-order valence-corrected chi connectivity index (χ2v) is 4.42. The highest BCUT2D eigenvalue weighted by Crippen LogP contribution is 2.12. The highest BCUT2D eigenvalue weighted by atomic mass is 16.3. The van der Waals surface area contributed by atoms with Crippen LogP contribution in [0.15, 0.2) is 35.1 Å². The minimum atomic E-state index is -0.121. The van der Waals surface area contributed by atoms with Crippen molar-refractivity contribution in [2.45, 2.75) is 20.0 Å². The average Bonchev–Trinajstić information content (AvgIpc) is 2.83. The summed E-state index contributed by atoms with van der Waals surface area (Å²) in [4.78, 5) is 17.9. The minimum absolute atomic E-state index is 0.121. The van der Waals surface area contributed by atoms with Crippen LogP contribution in [-0.4, -0.2) is 22.8 Å². The van der Waals surface area contributed by atoms with Gasteiger partial charge in [0, 0.05) is 31.9 Å². The summed E-state index contributed by atoms with van der Waals surface area (Å²) in [6, 6.07) is 5.38. The van der Waals surface area contributed by atoms with Crippen molar-refractivity contribution in [1.82, 2.24) is 9.88 Å². The largest absolute Gasteiger partial charge is 0.469 e. The molecule has 5 heteroatoms. The average molecular weight is 259 g/mol. The van der Waals surface area contributed by atoms with Gasteiger partial charge in [-0.05, 0) is 24.6 Å². The van der Waals surface area contributed by atoms with Gasteiger partial charge in [-0.25, -0.2) is 0 Å². The van der Waals surface area contributed by atoms with E-state index in [0.717, 1.165) is 16.9 Å². The molecule has 0 bridgehead atoms. The Balaban J connectivity index is 2.08. The van der Waals surface area contributed by atoms with E-state index in [9.17, 15) is 4.79 Å². The van der Waals surface area contributed by atoms with Crippen LogP contribution in [0.25, 0.3) is 0 Å². The van der Waals surface area contributed by atoms with Crippen LogP contribution < -0.4 is 5.73 Å². The van der Waals surface area contributed by atoms with E-state index < -0.39 is 0 Å². The molecule has 0 aromatic carbocycles. The van der Waals surface area contributed by atoms with Crippen LogP contribution in [0.2, 0.25) is 0 Å². The van der Waals surface area contributed by atoms with E-state index in [-0.39, 0.29) is 5.91 Å². The second-order valence-electron chi connectivity index (χ2n) is 4.42. The molecule has 1 amide bonds. The van der Waals surface area contributed by atoms with Gasteiger partial charge in [0.1, 0.15) is 11.5 Å². The highest BCUT2D eigenvalue weighted by Gasteiger charge is 2.14. The number of amides is 1. The molecule has 100 valence electrons. The van der Waals surface area contributed by atoms with Gasteiger partial charge in [-0.15, -0.1) is 0 Å². The predicted octanol–water partition coefficient (Wildman–Crippen LogP) is 1.71. The van der Waals surface area contributed by atoms with Crippen molar-refractivity contribution in [3.63, 3.8) is 0 Å². The lowest BCUT2D eigenvalue weighted by Crippen LogP contribution is -2.27. The molecule has 0 atom stereocenters. The fourth-order valence-corrected chi connectivity index (χ4v) is 1.77. The number of aryl methyl sites for hydroxylation is 1. The van der Waals surface area contributed by atoms with E-state index >= 15 is 0 Å². The van der Waals surface area contributed by atoms with Crippen LogP contribution >= 0.6 is 0 Å². The Morgan fingerprint density at radius 2 is 2.21 bits per heavy atom. The zero-order valence-electron chi connectivity index (χ0n) is 11.1. The number of carbonyl (C=O) groups is 1. The second kappa shape index (κ2) is 5.67. The van der Waals surface area contributed by atoms with E-state index in [1.165, 1.54) is 0 Å². The summed E-state index contributed by atoms with van der Waals surface area (Å²) in [5.41, 5.74) is 7.82. The Hall–Kier alpha value is -2.14. The first-order chi connectivity index (χ1) is 9.11. The van der Waals surface area contributed by atoms with Gasteiger partial charge in [-0.1, -0.05) is 6.07 Å². The van der Waals surface area contributed by atoms with Crippen molar-refractivity contribution < 1.29 is 9.21 Å². The van der Waals surface area contributed by atoms with Crippen LogP contribution in [-0.2, 0) is 13.1 Å². The summed E-state index contributed by atoms with van der Waals surface area (Å²) in [5, 5.41) is 0. The topological polar surface area (TPSA) is 72.4 Å². The number of hydrogen-bond acceptors (Lipinski definition) is 4. The van der Waals surface area contributed by atoms with E-state index in [4.69, 9.17) is 10.2 Å². The molecular formula is C14H17N3O2. The van der Waals surface area contributed by atoms with E-state index in [1.54, 1.807) is 30.5 Å². The predicted molar refractivity (Wildman–Crippen MR) is 71.4 cm³/mol. The molecule has 2 heterocycles.